The number of hydrogen-bond donors (Lipinski definition) is 1. The Labute approximate surface area is 147 Å². The molecule has 0 saturated carbocycles. The van der Waals surface area contributed by atoms with Gasteiger partial charge in [0, 0.05) is 22.6 Å². The van der Waals surface area contributed by atoms with Crippen molar-refractivity contribution in [2.45, 2.75) is 34.2 Å². The SMILES string of the molecule is Cc1cc(C)nc(N/N=C\c2c(C)nn(Cc3ccccc3)c2C)n1. The highest BCUT2D eigenvalue weighted by Crippen LogP contribution is 2.13. The monoisotopic (exact) mass is 334 g/mol. The van der Waals surface area contributed by atoms with E-state index in [1.54, 1.807) is 6.21 Å². The quantitative estimate of drug-likeness (QED) is 0.573. The molecule has 0 spiro atoms. The number of hydrazone groups is 1. The summed E-state index contributed by atoms with van der Waals surface area (Å²) in [5.41, 5.74) is 8.97. The molecule has 0 amide bonds. The molecule has 25 heavy (non-hydrogen) atoms. The third-order valence-corrected chi connectivity index (χ3v) is 3.95. The molecule has 0 unspecified atom stereocenters. The first-order chi connectivity index (χ1) is 12.0. The zero-order valence-electron chi connectivity index (χ0n) is 15.0. The standard InChI is InChI=1S/C19H22N6/c1-13-10-14(2)22-19(21-13)23-20-11-18-15(3)24-25(16(18)4)12-17-8-6-5-7-9-17/h5-11H,12H2,1-4H3,(H,21,22,23)/b20-11-. The first-order valence-electron chi connectivity index (χ1n) is 8.22. The van der Waals surface area contributed by atoms with Crippen molar-refractivity contribution in [3.05, 3.63) is 70.3 Å². The molecular weight excluding hydrogens is 312 g/mol. The molecule has 3 aromatic rings. The molecule has 0 saturated heterocycles. The van der Waals surface area contributed by atoms with Crippen LogP contribution in [0.15, 0.2) is 41.5 Å². The van der Waals surface area contributed by atoms with E-state index in [1.165, 1.54) is 5.56 Å². The van der Waals surface area contributed by atoms with Gasteiger partial charge in [0.2, 0.25) is 5.95 Å². The Morgan fingerprint density at radius 1 is 1.04 bits per heavy atom. The van der Waals surface area contributed by atoms with Gasteiger partial charge in [-0.05, 0) is 39.3 Å². The van der Waals surface area contributed by atoms with Crippen LogP contribution in [0.4, 0.5) is 5.95 Å². The van der Waals surface area contributed by atoms with E-state index in [0.29, 0.717) is 5.95 Å². The lowest BCUT2D eigenvalue weighted by Crippen LogP contribution is -2.04. The Bertz CT molecular complexity index is 876. The van der Waals surface area contributed by atoms with Gasteiger partial charge in [0.1, 0.15) is 0 Å². The second-order valence-corrected chi connectivity index (χ2v) is 6.07. The van der Waals surface area contributed by atoms with Crippen molar-refractivity contribution < 1.29 is 0 Å². The molecule has 2 heterocycles. The summed E-state index contributed by atoms with van der Waals surface area (Å²) in [6, 6.07) is 12.2. The van der Waals surface area contributed by atoms with Crippen LogP contribution in [0.25, 0.3) is 0 Å². The lowest BCUT2D eigenvalue weighted by atomic mass is 10.2. The molecule has 3 rings (SSSR count). The molecule has 1 N–H and O–H groups in total. The molecule has 2 aromatic heterocycles. The molecule has 128 valence electrons. The molecule has 0 radical (unpaired) electrons. The lowest BCUT2D eigenvalue weighted by Gasteiger charge is -2.04. The van der Waals surface area contributed by atoms with Crippen molar-refractivity contribution >= 4 is 12.2 Å². The summed E-state index contributed by atoms with van der Waals surface area (Å²) in [6.45, 7) is 8.66. The highest BCUT2D eigenvalue weighted by molar-refractivity contribution is 5.83. The number of nitrogens with one attached hydrogen (secondary N) is 1. The molecule has 0 aliphatic rings. The number of hydrogen-bond acceptors (Lipinski definition) is 5. The van der Waals surface area contributed by atoms with Gasteiger partial charge < -0.3 is 0 Å². The summed E-state index contributed by atoms with van der Waals surface area (Å²) >= 11 is 0. The van der Waals surface area contributed by atoms with Crippen LogP contribution in [-0.2, 0) is 6.54 Å². The molecule has 1 aromatic carbocycles. The summed E-state index contributed by atoms with van der Waals surface area (Å²) in [4.78, 5) is 8.63. The molecule has 6 nitrogen and oxygen atoms in total. The van der Waals surface area contributed by atoms with Crippen molar-refractivity contribution in [1.82, 2.24) is 19.7 Å². The number of anilines is 1. The summed E-state index contributed by atoms with van der Waals surface area (Å²) in [7, 11) is 0. The molecular formula is C19H22N6. The summed E-state index contributed by atoms with van der Waals surface area (Å²) in [5, 5.41) is 8.91. The zero-order chi connectivity index (χ0) is 17.8. The van der Waals surface area contributed by atoms with E-state index in [2.05, 4.69) is 44.7 Å². The van der Waals surface area contributed by atoms with Crippen LogP contribution in [0, 0.1) is 27.7 Å². The van der Waals surface area contributed by atoms with Gasteiger partial charge in [-0.3, -0.25) is 4.68 Å². The van der Waals surface area contributed by atoms with Gasteiger partial charge >= 0.3 is 0 Å². The summed E-state index contributed by atoms with van der Waals surface area (Å²) in [5.74, 6) is 0.501. The highest BCUT2D eigenvalue weighted by Gasteiger charge is 2.10. The van der Waals surface area contributed by atoms with E-state index in [-0.39, 0.29) is 0 Å². The third-order valence-electron chi connectivity index (χ3n) is 3.95. The van der Waals surface area contributed by atoms with Gasteiger partial charge in [-0.15, -0.1) is 0 Å². The fraction of sp³-hybridized carbons (Fsp3) is 0.263. The average Bonchev–Trinajstić information content (AvgIpc) is 2.82. The van der Waals surface area contributed by atoms with Gasteiger partial charge in [-0.25, -0.2) is 15.4 Å². The maximum atomic E-state index is 4.63. The van der Waals surface area contributed by atoms with Gasteiger partial charge in [-0.1, -0.05) is 30.3 Å². The predicted molar refractivity (Wildman–Crippen MR) is 100.0 cm³/mol. The number of aromatic nitrogens is 4. The number of nitrogens with zero attached hydrogens (tertiary/aromatic N) is 5. The van der Waals surface area contributed by atoms with Crippen molar-refractivity contribution in [2.24, 2.45) is 5.10 Å². The second kappa shape index (κ2) is 7.25. The summed E-state index contributed by atoms with van der Waals surface area (Å²) in [6.07, 6.45) is 1.78. The molecule has 0 atom stereocenters. The Morgan fingerprint density at radius 2 is 1.72 bits per heavy atom. The van der Waals surface area contributed by atoms with Crippen LogP contribution in [-0.4, -0.2) is 26.0 Å². The van der Waals surface area contributed by atoms with Gasteiger partial charge in [0.25, 0.3) is 0 Å². The van der Waals surface area contributed by atoms with E-state index in [4.69, 9.17) is 0 Å². The summed E-state index contributed by atoms with van der Waals surface area (Å²) < 4.78 is 2.00. The molecule has 6 heteroatoms. The van der Waals surface area contributed by atoms with Crippen LogP contribution < -0.4 is 5.43 Å². The third kappa shape index (κ3) is 4.09. The van der Waals surface area contributed by atoms with Crippen LogP contribution in [0.1, 0.15) is 33.9 Å². The number of rotatable bonds is 5. The Morgan fingerprint density at radius 3 is 2.40 bits per heavy atom. The molecule has 0 fully saturated rings. The largest absolute Gasteiger partial charge is 0.265 e. The first-order valence-corrected chi connectivity index (χ1v) is 8.22. The Hall–Kier alpha value is -3.02. The van der Waals surface area contributed by atoms with Gasteiger partial charge in [0.05, 0.1) is 18.5 Å². The van der Waals surface area contributed by atoms with E-state index in [9.17, 15) is 0 Å². The fourth-order valence-corrected chi connectivity index (χ4v) is 2.74. The second-order valence-electron chi connectivity index (χ2n) is 6.07. The van der Waals surface area contributed by atoms with Crippen LogP contribution in [0.5, 0.6) is 0 Å². The van der Waals surface area contributed by atoms with Crippen molar-refractivity contribution in [1.29, 1.82) is 0 Å². The molecule has 0 aliphatic heterocycles. The van der Waals surface area contributed by atoms with E-state index < -0.39 is 0 Å². The minimum Gasteiger partial charge on any atom is -0.265 e. The molecule has 0 bridgehead atoms. The van der Waals surface area contributed by atoms with Crippen molar-refractivity contribution in [3.63, 3.8) is 0 Å². The van der Waals surface area contributed by atoms with Crippen LogP contribution in [0.2, 0.25) is 0 Å². The fourth-order valence-electron chi connectivity index (χ4n) is 2.74. The van der Waals surface area contributed by atoms with Gasteiger partial charge in [-0.2, -0.15) is 10.2 Å². The topological polar surface area (TPSA) is 68.0 Å². The smallest absolute Gasteiger partial charge is 0.243 e. The minimum absolute atomic E-state index is 0.501. The van der Waals surface area contributed by atoms with E-state index in [1.807, 2.05) is 49.7 Å². The zero-order valence-corrected chi connectivity index (χ0v) is 15.0. The normalized spacial score (nSPS) is 11.2. The maximum absolute atomic E-state index is 4.63. The van der Waals surface area contributed by atoms with Crippen molar-refractivity contribution in [2.75, 3.05) is 5.43 Å². The Kier molecular flexibility index (Phi) is 4.88. The maximum Gasteiger partial charge on any atom is 0.243 e. The number of aryl methyl sites for hydroxylation is 3. The first kappa shape index (κ1) is 16.8. The lowest BCUT2D eigenvalue weighted by molar-refractivity contribution is 0.659. The average molecular weight is 334 g/mol. The van der Waals surface area contributed by atoms with Crippen LogP contribution >= 0.6 is 0 Å². The predicted octanol–water partition coefficient (Wildman–Crippen LogP) is 3.40. The van der Waals surface area contributed by atoms with Crippen LogP contribution in [0.3, 0.4) is 0 Å². The Balaban J connectivity index is 1.76. The minimum atomic E-state index is 0.501. The highest BCUT2D eigenvalue weighted by atomic mass is 15.3. The molecule has 0 aliphatic carbocycles. The van der Waals surface area contributed by atoms with E-state index >= 15 is 0 Å². The van der Waals surface area contributed by atoms with E-state index in [0.717, 1.165) is 34.9 Å². The number of benzene rings is 1. The van der Waals surface area contributed by atoms with Gasteiger partial charge in [0.15, 0.2) is 0 Å². The van der Waals surface area contributed by atoms with Crippen molar-refractivity contribution in [3.8, 4) is 0 Å².